The molecule has 61 heavy (non-hydrogen) atoms. The first-order valence-corrected chi connectivity index (χ1v) is 23.0. The van der Waals surface area contributed by atoms with Crippen molar-refractivity contribution in [2.45, 2.75) is 63.6 Å². The van der Waals surface area contributed by atoms with Crippen LogP contribution in [0.2, 0.25) is 0 Å². The second kappa shape index (κ2) is 19.5. The lowest BCUT2D eigenvalue weighted by molar-refractivity contribution is 0.0599. The maximum Gasteiger partial charge on any atom is 0.137 e. The highest BCUT2D eigenvalue weighted by molar-refractivity contribution is 7.19. The molecule has 2 saturated heterocycles. The summed E-state index contributed by atoms with van der Waals surface area (Å²) in [4.78, 5) is 7.83. The molecule has 2 fully saturated rings. The van der Waals surface area contributed by atoms with Crippen LogP contribution in [0.5, 0.6) is 11.5 Å². The average molecular weight is 861 g/mol. The molecule has 0 amide bonds. The molecular formula is C50H56N2O7S2. The van der Waals surface area contributed by atoms with E-state index in [9.17, 15) is 10.2 Å². The van der Waals surface area contributed by atoms with E-state index in [0.29, 0.717) is 38.1 Å². The van der Waals surface area contributed by atoms with Crippen molar-refractivity contribution in [3.05, 3.63) is 130 Å². The maximum atomic E-state index is 10.5. The van der Waals surface area contributed by atoms with Crippen molar-refractivity contribution >= 4 is 64.8 Å². The molecule has 4 aromatic heterocycles. The Morgan fingerprint density at radius 2 is 0.967 bits per heavy atom. The van der Waals surface area contributed by atoms with Crippen LogP contribution in [0.15, 0.2) is 118 Å². The number of hydrogen-bond donors (Lipinski definition) is 2. The normalized spacial score (nSPS) is 16.7. The Kier molecular flexibility index (Phi) is 13.8. The number of aliphatic hydroxyl groups is 2. The molecule has 2 atom stereocenters. The highest BCUT2D eigenvalue weighted by Crippen LogP contribution is 2.41. The Morgan fingerprint density at radius 1 is 0.557 bits per heavy atom. The molecule has 4 N–H and O–H groups in total. The molecule has 4 aromatic carbocycles. The monoisotopic (exact) mass is 860 g/mol. The molecule has 0 spiro atoms. The number of thiophene rings is 2. The molecule has 2 aliphatic heterocycles. The van der Waals surface area contributed by atoms with Gasteiger partial charge in [-0.1, -0.05) is 48.5 Å². The number of fused-ring (bicyclic) bond motifs is 4. The van der Waals surface area contributed by atoms with Crippen LogP contribution >= 0.6 is 22.7 Å². The molecule has 0 bridgehead atoms. The number of benzene rings is 4. The van der Waals surface area contributed by atoms with Gasteiger partial charge < -0.3 is 43.8 Å². The third kappa shape index (κ3) is 9.69. The van der Waals surface area contributed by atoms with E-state index < -0.39 is 12.2 Å². The Bertz CT molecular complexity index is 2460. The average Bonchev–Trinajstić information content (AvgIpc) is 4.10. The van der Waals surface area contributed by atoms with Crippen LogP contribution in [0.3, 0.4) is 0 Å². The van der Waals surface area contributed by atoms with Crippen molar-refractivity contribution in [1.82, 2.24) is 9.80 Å². The molecule has 10 rings (SSSR count). The fourth-order valence-electron chi connectivity index (χ4n) is 9.18. The lowest BCUT2D eigenvalue weighted by Gasteiger charge is -2.33. The van der Waals surface area contributed by atoms with Gasteiger partial charge in [-0.25, -0.2) is 0 Å². The maximum absolute atomic E-state index is 10.5. The van der Waals surface area contributed by atoms with Crippen LogP contribution in [0.4, 0.5) is 0 Å². The van der Waals surface area contributed by atoms with E-state index in [4.69, 9.17) is 18.3 Å². The van der Waals surface area contributed by atoms with Crippen molar-refractivity contribution in [2.24, 2.45) is 0 Å². The van der Waals surface area contributed by atoms with Crippen LogP contribution in [0.25, 0.3) is 42.1 Å². The molecule has 6 heterocycles. The minimum absolute atomic E-state index is 0. The topological polar surface area (TPSA) is 123 Å². The summed E-state index contributed by atoms with van der Waals surface area (Å²) in [6, 6.07) is 32.7. The van der Waals surface area contributed by atoms with Gasteiger partial charge in [-0.3, -0.25) is 0 Å². The van der Waals surface area contributed by atoms with Crippen LogP contribution in [-0.2, 0) is 0 Å². The van der Waals surface area contributed by atoms with E-state index >= 15 is 0 Å². The number of β-amino-alcohol motifs (C(OH)–C–C–N with tert-alkyl or cyclic N) is 2. The quantitative estimate of drug-likeness (QED) is 0.125. The third-order valence-electron chi connectivity index (χ3n) is 12.4. The Morgan fingerprint density at radius 3 is 1.38 bits per heavy atom. The fourth-order valence-corrected chi connectivity index (χ4v) is 11.9. The Balaban J connectivity index is 0.000000166. The van der Waals surface area contributed by atoms with Crippen molar-refractivity contribution in [2.75, 3.05) is 52.5 Å². The van der Waals surface area contributed by atoms with E-state index in [-0.39, 0.29) is 5.48 Å². The molecule has 2 aliphatic rings. The summed E-state index contributed by atoms with van der Waals surface area (Å²) in [5, 5.41) is 25.7. The lowest BCUT2D eigenvalue weighted by Crippen LogP contribution is -2.40. The standard InChI is InChI=1S/2C25H27NO3S.H2O/c2*1-17-20-5-2-3-8-24(20)30-25(17)18-9-12-26(13-10-18)15-19(27)16-29-23-7-4-6-22-21(23)11-14-28-22;/h2*2-8,11,14,18-19,27H,9-10,12-13,15-16H2,1H3;1H2/t2*19-;/m00./s1. The number of aryl methyl sites for hydroxylation is 2. The van der Waals surface area contributed by atoms with E-state index in [0.717, 1.165) is 85.3 Å². The van der Waals surface area contributed by atoms with Crippen LogP contribution in [0, 0.1) is 13.8 Å². The van der Waals surface area contributed by atoms with Crippen molar-refractivity contribution in [3.8, 4) is 11.5 Å². The van der Waals surface area contributed by atoms with E-state index in [1.807, 2.05) is 71.2 Å². The first-order valence-electron chi connectivity index (χ1n) is 21.3. The summed E-state index contributed by atoms with van der Waals surface area (Å²) in [6.07, 6.45) is 6.91. The first-order chi connectivity index (χ1) is 29.4. The van der Waals surface area contributed by atoms with Crippen molar-refractivity contribution < 1.29 is 34.0 Å². The van der Waals surface area contributed by atoms with Gasteiger partial charge in [-0.05, 0) is 148 Å². The smallest absolute Gasteiger partial charge is 0.137 e. The number of aliphatic hydroxyl groups excluding tert-OH is 2. The van der Waals surface area contributed by atoms with Gasteiger partial charge in [0, 0.05) is 32.2 Å². The predicted molar refractivity (Wildman–Crippen MR) is 249 cm³/mol. The summed E-state index contributed by atoms with van der Waals surface area (Å²) < 4.78 is 25.4. The van der Waals surface area contributed by atoms with Gasteiger partial charge in [0.05, 0.1) is 23.3 Å². The number of nitrogens with zero attached hydrogens (tertiary/aromatic N) is 2. The summed E-state index contributed by atoms with van der Waals surface area (Å²) in [7, 11) is 0. The zero-order chi connectivity index (χ0) is 41.0. The van der Waals surface area contributed by atoms with Crippen LogP contribution < -0.4 is 9.47 Å². The second-order valence-corrected chi connectivity index (χ2v) is 18.6. The largest absolute Gasteiger partial charge is 0.490 e. The van der Waals surface area contributed by atoms with Crippen molar-refractivity contribution in [1.29, 1.82) is 0 Å². The SMILES string of the molecule is Cc1c(C2CCN(C[C@H](O)COc3cccc4occc34)CC2)sc2ccccc12.Cc1c(C2CCN(C[C@H](O)COc3cccc4occc34)CC2)sc2ccccc12.O. The summed E-state index contributed by atoms with van der Waals surface area (Å²) >= 11 is 3.91. The molecular weight excluding hydrogens is 805 g/mol. The number of ether oxygens (including phenoxy) is 2. The predicted octanol–water partition coefficient (Wildman–Crippen LogP) is 10.3. The number of likely N-dealkylation sites (tertiary alicyclic amines) is 2. The Labute approximate surface area is 365 Å². The zero-order valence-corrected chi connectivity index (χ0v) is 36.6. The number of rotatable bonds is 12. The molecule has 0 aliphatic carbocycles. The first kappa shape index (κ1) is 42.9. The molecule has 0 radical (unpaired) electrons. The van der Waals surface area contributed by atoms with E-state index in [1.54, 1.807) is 22.3 Å². The summed E-state index contributed by atoms with van der Waals surface area (Å²) in [5.74, 6) is 2.79. The van der Waals surface area contributed by atoms with Crippen molar-refractivity contribution in [3.63, 3.8) is 0 Å². The molecule has 9 nitrogen and oxygen atoms in total. The molecule has 320 valence electrons. The Hall–Kier alpha value is -4.72. The number of piperidine rings is 2. The number of furan rings is 2. The number of hydrogen-bond acceptors (Lipinski definition) is 10. The van der Waals surface area contributed by atoms with E-state index in [2.05, 4.69) is 72.2 Å². The van der Waals surface area contributed by atoms with E-state index in [1.165, 1.54) is 31.3 Å². The molecule has 8 aromatic rings. The fraction of sp³-hybridized carbons (Fsp3) is 0.360. The van der Waals surface area contributed by atoms with Gasteiger partial charge in [-0.15, -0.1) is 22.7 Å². The summed E-state index contributed by atoms with van der Waals surface area (Å²) in [6.45, 7) is 10.5. The highest BCUT2D eigenvalue weighted by atomic mass is 32.1. The van der Waals surface area contributed by atoms with Gasteiger partial charge >= 0.3 is 0 Å². The van der Waals surface area contributed by atoms with Gasteiger partial charge in [0.1, 0.15) is 48.1 Å². The van der Waals surface area contributed by atoms with Gasteiger partial charge in [0.2, 0.25) is 0 Å². The molecule has 11 heteroatoms. The molecule has 0 saturated carbocycles. The van der Waals surface area contributed by atoms with Gasteiger partial charge in [-0.2, -0.15) is 0 Å². The van der Waals surface area contributed by atoms with Gasteiger partial charge in [0.25, 0.3) is 0 Å². The third-order valence-corrected chi connectivity index (χ3v) is 15.3. The lowest BCUT2D eigenvalue weighted by atomic mass is 9.92. The highest BCUT2D eigenvalue weighted by Gasteiger charge is 2.27. The van der Waals surface area contributed by atoms with Crippen LogP contribution in [-0.4, -0.2) is 90.2 Å². The summed E-state index contributed by atoms with van der Waals surface area (Å²) in [5.41, 5.74) is 4.52. The second-order valence-electron chi connectivity index (χ2n) is 16.4. The molecule has 0 unspecified atom stereocenters. The minimum atomic E-state index is -0.505. The van der Waals surface area contributed by atoms with Crippen LogP contribution in [0.1, 0.15) is 58.4 Å². The van der Waals surface area contributed by atoms with Gasteiger partial charge in [0.15, 0.2) is 0 Å². The zero-order valence-electron chi connectivity index (χ0n) is 34.9. The minimum Gasteiger partial charge on any atom is -0.490 e.